The molecule has 0 radical (unpaired) electrons. The zero-order valence-corrected chi connectivity index (χ0v) is 11.2. The summed E-state index contributed by atoms with van der Waals surface area (Å²) in [7, 11) is 1.33. The van der Waals surface area contributed by atoms with Crippen LogP contribution in [0.3, 0.4) is 0 Å². The summed E-state index contributed by atoms with van der Waals surface area (Å²) < 4.78 is 17.4. The summed E-state index contributed by atoms with van der Waals surface area (Å²) in [6.07, 6.45) is -0.169. The van der Waals surface area contributed by atoms with Gasteiger partial charge < -0.3 is 9.84 Å². The maximum Gasteiger partial charge on any atom is 0.323 e. The van der Waals surface area contributed by atoms with Gasteiger partial charge in [0, 0.05) is 18.5 Å². The number of rotatable bonds is 2. The minimum absolute atomic E-state index is 0.302. The lowest BCUT2D eigenvalue weighted by molar-refractivity contribution is -0.145. The second kappa shape index (κ2) is 6.51. The van der Waals surface area contributed by atoms with E-state index >= 15 is 0 Å². The molecule has 1 N–H and O–H groups in total. The highest BCUT2D eigenvalue weighted by Gasteiger charge is 2.36. The smallest absolute Gasteiger partial charge is 0.323 e. The van der Waals surface area contributed by atoms with Crippen molar-refractivity contribution >= 4 is 5.97 Å². The highest BCUT2D eigenvalue weighted by atomic mass is 19.1. The Bertz CT molecular complexity index is 532. The average Bonchev–Trinajstić information content (AvgIpc) is 2.81. The Morgan fingerprint density at radius 1 is 1.50 bits per heavy atom. The molecule has 1 heterocycles. The first-order valence-corrected chi connectivity index (χ1v) is 6.34. The Labute approximate surface area is 117 Å². The van der Waals surface area contributed by atoms with Gasteiger partial charge >= 0.3 is 5.97 Å². The predicted octanol–water partition coefficient (Wildman–Crippen LogP) is 0.785. The first-order chi connectivity index (χ1) is 9.60. The van der Waals surface area contributed by atoms with Crippen LogP contribution in [-0.4, -0.2) is 48.3 Å². The van der Waals surface area contributed by atoms with Gasteiger partial charge in [0.1, 0.15) is 11.9 Å². The third-order valence-electron chi connectivity index (χ3n) is 3.21. The van der Waals surface area contributed by atoms with E-state index in [0.717, 1.165) is 0 Å². The molecule has 2 atom stereocenters. The number of carbonyl (C=O) groups is 1. The SMILES string of the molecule is COC(=O)[C@H]1C[C@@H](O)CN1CC#Cc1ccc(F)cc1. The molecule has 1 aliphatic rings. The molecule has 1 aromatic rings. The van der Waals surface area contributed by atoms with Gasteiger partial charge in [-0.3, -0.25) is 9.69 Å². The number of benzene rings is 1. The van der Waals surface area contributed by atoms with Gasteiger partial charge in [0.25, 0.3) is 0 Å². The van der Waals surface area contributed by atoms with Crippen LogP contribution >= 0.6 is 0 Å². The molecule has 5 heteroatoms. The highest BCUT2D eigenvalue weighted by molar-refractivity contribution is 5.76. The predicted molar refractivity (Wildman–Crippen MR) is 71.3 cm³/mol. The third kappa shape index (κ3) is 3.56. The molecule has 0 spiro atoms. The van der Waals surface area contributed by atoms with E-state index in [2.05, 4.69) is 11.8 Å². The zero-order chi connectivity index (χ0) is 14.5. The summed E-state index contributed by atoms with van der Waals surface area (Å²) in [5.41, 5.74) is 0.709. The molecule has 20 heavy (non-hydrogen) atoms. The minimum atomic E-state index is -0.535. The first kappa shape index (κ1) is 14.5. The second-order valence-corrected chi connectivity index (χ2v) is 4.67. The van der Waals surface area contributed by atoms with Crippen LogP contribution in [0.4, 0.5) is 4.39 Å². The van der Waals surface area contributed by atoms with E-state index < -0.39 is 12.1 Å². The quantitative estimate of drug-likeness (QED) is 0.641. The molecule has 0 aliphatic carbocycles. The molecule has 0 saturated carbocycles. The van der Waals surface area contributed by atoms with Crippen LogP contribution in [0.15, 0.2) is 24.3 Å². The fourth-order valence-electron chi connectivity index (χ4n) is 2.21. The number of hydrogen-bond acceptors (Lipinski definition) is 4. The molecule has 0 bridgehead atoms. The van der Waals surface area contributed by atoms with Crippen molar-refractivity contribution in [2.75, 3.05) is 20.2 Å². The maximum absolute atomic E-state index is 12.7. The fraction of sp³-hybridized carbons (Fsp3) is 0.400. The molecular formula is C15H16FNO3. The summed E-state index contributed by atoms with van der Waals surface area (Å²) in [6, 6.07) is 5.44. The van der Waals surface area contributed by atoms with E-state index in [4.69, 9.17) is 4.74 Å². The lowest BCUT2D eigenvalue weighted by Gasteiger charge is -2.18. The van der Waals surface area contributed by atoms with E-state index in [1.54, 1.807) is 17.0 Å². The van der Waals surface area contributed by atoms with E-state index in [1.807, 2.05) is 0 Å². The lowest BCUT2D eigenvalue weighted by Crippen LogP contribution is -2.37. The van der Waals surface area contributed by atoms with Gasteiger partial charge in [0.15, 0.2) is 0 Å². The van der Waals surface area contributed by atoms with Crippen LogP contribution in [0.1, 0.15) is 12.0 Å². The molecular weight excluding hydrogens is 261 g/mol. The topological polar surface area (TPSA) is 49.8 Å². The number of methoxy groups -OCH3 is 1. The van der Waals surface area contributed by atoms with Crippen molar-refractivity contribution in [2.24, 2.45) is 0 Å². The molecule has 1 fully saturated rings. The number of likely N-dealkylation sites (tertiary alicyclic amines) is 1. The number of esters is 1. The van der Waals surface area contributed by atoms with Crippen LogP contribution in [0.5, 0.6) is 0 Å². The molecule has 1 aliphatic heterocycles. The van der Waals surface area contributed by atoms with Gasteiger partial charge in [-0.15, -0.1) is 0 Å². The van der Waals surface area contributed by atoms with Crippen LogP contribution in [0.2, 0.25) is 0 Å². The van der Waals surface area contributed by atoms with Crippen molar-refractivity contribution in [1.82, 2.24) is 4.90 Å². The zero-order valence-electron chi connectivity index (χ0n) is 11.2. The summed E-state index contributed by atoms with van der Waals surface area (Å²) in [5, 5.41) is 9.62. The van der Waals surface area contributed by atoms with Gasteiger partial charge in [-0.1, -0.05) is 11.8 Å². The first-order valence-electron chi connectivity index (χ1n) is 6.34. The third-order valence-corrected chi connectivity index (χ3v) is 3.21. The summed E-state index contributed by atoms with van der Waals surface area (Å²) in [5.74, 6) is 5.17. The van der Waals surface area contributed by atoms with E-state index in [9.17, 15) is 14.3 Å². The Kier molecular flexibility index (Phi) is 4.72. The summed E-state index contributed by atoms with van der Waals surface area (Å²) in [6.45, 7) is 0.756. The lowest BCUT2D eigenvalue weighted by atomic mass is 10.2. The van der Waals surface area contributed by atoms with Crippen molar-refractivity contribution in [3.8, 4) is 11.8 Å². The molecule has 1 saturated heterocycles. The van der Waals surface area contributed by atoms with Crippen molar-refractivity contribution in [2.45, 2.75) is 18.6 Å². The number of β-amino-alcohol motifs (C(OH)–C–C–N with tert-alkyl or cyclic N) is 1. The molecule has 0 amide bonds. The van der Waals surface area contributed by atoms with Crippen LogP contribution in [-0.2, 0) is 9.53 Å². The second-order valence-electron chi connectivity index (χ2n) is 4.67. The molecule has 1 aromatic carbocycles. The number of carbonyl (C=O) groups excluding carboxylic acids is 1. The summed E-state index contributed by atoms with van der Waals surface area (Å²) >= 11 is 0. The van der Waals surface area contributed by atoms with Crippen molar-refractivity contribution in [3.63, 3.8) is 0 Å². The number of ether oxygens (including phenoxy) is 1. The summed E-state index contributed by atoms with van der Waals surface area (Å²) in [4.78, 5) is 13.4. The number of aliphatic hydroxyl groups excluding tert-OH is 1. The Balaban J connectivity index is 1.99. The Morgan fingerprint density at radius 2 is 2.20 bits per heavy atom. The van der Waals surface area contributed by atoms with E-state index in [1.165, 1.54) is 19.2 Å². The molecule has 2 rings (SSSR count). The Hall–Kier alpha value is -1.90. The number of hydrogen-bond donors (Lipinski definition) is 1. The van der Waals surface area contributed by atoms with Gasteiger partial charge in [0.05, 0.1) is 19.8 Å². The molecule has 106 valence electrons. The van der Waals surface area contributed by atoms with Gasteiger partial charge in [0.2, 0.25) is 0 Å². The van der Waals surface area contributed by atoms with Crippen molar-refractivity contribution < 1.29 is 19.0 Å². The van der Waals surface area contributed by atoms with Gasteiger partial charge in [-0.2, -0.15) is 0 Å². The van der Waals surface area contributed by atoms with Gasteiger partial charge in [-0.25, -0.2) is 4.39 Å². The van der Waals surface area contributed by atoms with Crippen molar-refractivity contribution in [1.29, 1.82) is 0 Å². The van der Waals surface area contributed by atoms with Crippen LogP contribution in [0.25, 0.3) is 0 Å². The van der Waals surface area contributed by atoms with Crippen molar-refractivity contribution in [3.05, 3.63) is 35.6 Å². The fourth-order valence-corrected chi connectivity index (χ4v) is 2.21. The monoisotopic (exact) mass is 277 g/mol. The number of halogens is 1. The van der Waals surface area contributed by atoms with Gasteiger partial charge in [-0.05, 0) is 24.3 Å². The molecule has 0 unspecified atom stereocenters. The molecule has 4 nitrogen and oxygen atoms in total. The average molecular weight is 277 g/mol. The Morgan fingerprint density at radius 3 is 2.85 bits per heavy atom. The number of nitrogens with zero attached hydrogens (tertiary/aromatic N) is 1. The van der Waals surface area contributed by atoms with E-state index in [0.29, 0.717) is 25.1 Å². The highest BCUT2D eigenvalue weighted by Crippen LogP contribution is 2.18. The van der Waals surface area contributed by atoms with Crippen LogP contribution < -0.4 is 0 Å². The standard InChI is InChI=1S/C15H16FNO3/c1-20-15(19)14-9-13(18)10-17(14)8-2-3-11-4-6-12(16)7-5-11/h4-7,13-14,18H,8-10H2,1H3/t13-,14-/m1/s1. The largest absolute Gasteiger partial charge is 0.468 e. The molecule has 0 aromatic heterocycles. The normalized spacial score (nSPS) is 22.1. The van der Waals surface area contributed by atoms with Crippen LogP contribution in [0, 0.1) is 17.7 Å². The minimum Gasteiger partial charge on any atom is -0.468 e. The van der Waals surface area contributed by atoms with E-state index in [-0.39, 0.29) is 11.8 Å². The number of aliphatic hydroxyl groups is 1. The maximum atomic E-state index is 12.7.